The number of carbonyl (C=O) groups excluding carboxylic acids is 1. The number of carboxylic acids is 1. The SMILES string of the molecule is CCC(C)[C@H](N)C(=O)Nc1cccc(F)c1C(=O)O. The number of aromatic carboxylic acids is 1. The number of nitrogens with two attached hydrogens (primary N) is 1. The van der Waals surface area contributed by atoms with Crippen LogP contribution >= 0.6 is 0 Å². The van der Waals surface area contributed by atoms with Crippen LogP contribution in [0.4, 0.5) is 10.1 Å². The Kier molecular flexibility index (Phi) is 5.00. The molecule has 104 valence electrons. The number of hydrogen-bond donors (Lipinski definition) is 3. The van der Waals surface area contributed by atoms with E-state index in [4.69, 9.17) is 10.8 Å². The first kappa shape index (κ1) is 15.1. The number of carboxylic acid groups (broad SMARTS) is 1. The van der Waals surface area contributed by atoms with E-state index in [1.165, 1.54) is 12.1 Å². The van der Waals surface area contributed by atoms with E-state index in [1.807, 2.05) is 13.8 Å². The van der Waals surface area contributed by atoms with Crippen molar-refractivity contribution in [3.05, 3.63) is 29.6 Å². The zero-order valence-electron chi connectivity index (χ0n) is 10.8. The summed E-state index contributed by atoms with van der Waals surface area (Å²) in [5.74, 6) is -2.92. The largest absolute Gasteiger partial charge is 0.478 e. The van der Waals surface area contributed by atoms with Gasteiger partial charge in [-0.05, 0) is 18.1 Å². The summed E-state index contributed by atoms with van der Waals surface area (Å²) in [5.41, 5.74) is 5.08. The van der Waals surface area contributed by atoms with E-state index in [0.29, 0.717) is 6.42 Å². The zero-order chi connectivity index (χ0) is 14.6. The fourth-order valence-electron chi connectivity index (χ4n) is 1.57. The highest BCUT2D eigenvalue weighted by Gasteiger charge is 2.22. The number of hydrogen-bond acceptors (Lipinski definition) is 3. The summed E-state index contributed by atoms with van der Waals surface area (Å²) in [7, 11) is 0. The minimum absolute atomic E-state index is 0.0539. The highest BCUT2D eigenvalue weighted by atomic mass is 19.1. The van der Waals surface area contributed by atoms with Crippen LogP contribution < -0.4 is 11.1 Å². The lowest BCUT2D eigenvalue weighted by Crippen LogP contribution is -2.40. The van der Waals surface area contributed by atoms with E-state index in [1.54, 1.807) is 0 Å². The molecule has 0 saturated heterocycles. The number of halogens is 1. The summed E-state index contributed by atoms with van der Waals surface area (Å²) in [5, 5.41) is 11.3. The average Bonchev–Trinajstić information content (AvgIpc) is 2.36. The Morgan fingerprint density at radius 3 is 2.63 bits per heavy atom. The third-order valence-corrected chi connectivity index (χ3v) is 3.05. The van der Waals surface area contributed by atoms with Gasteiger partial charge in [0, 0.05) is 0 Å². The summed E-state index contributed by atoms with van der Waals surface area (Å²) >= 11 is 0. The number of rotatable bonds is 5. The summed E-state index contributed by atoms with van der Waals surface area (Å²) in [6.07, 6.45) is 0.712. The van der Waals surface area contributed by atoms with Crippen LogP contribution in [0.25, 0.3) is 0 Å². The first-order valence-electron chi connectivity index (χ1n) is 5.96. The lowest BCUT2D eigenvalue weighted by Gasteiger charge is -2.18. The van der Waals surface area contributed by atoms with Gasteiger partial charge < -0.3 is 16.2 Å². The molecule has 6 heteroatoms. The van der Waals surface area contributed by atoms with Crippen LogP contribution in [0.5, 0.6) is 0 Å². The second-order valence-corrected chi connectivity index (χ2v) is 4.37. The molecule has 4 N–H and O–H groups in total. The maximum atomic E-state index is 13.4. The van der Waals surface area contributed by atoms with Gasteiger partial charge in [0.25, 0.3) is 0 Å². The first-order chi connectivity index (χ1) is 8.88. The van der Waals surface area contributed by atoms with Gasteiger partial charge in [-0.1, -0.05) is 26.3 Å². The molecule has 0 spiro atoms. The fraction of sp³-hybridized carbons (Fsp3) is 0.385. The number of anilines is 1. The van der Waals surface area contributed by atoms with Crippen LogP contribution in [0.3, 0.4) is 0 Å². The molecule has 2 atom stereocenters. The van der Waals surface area contributed by atoms with Crippen molar-refractivity contribution in [2.24, 2.45) is 11.7 Å². The minimum Gasteiger partial charge on any atom is -0.478 e. The highest BCUT2D eigenvalue weighted by Crippen LogP contribution is 2.19. The third-order valence-electron chi connectivity index (χ3n) is 3.05. The Labute approximate surface area is 110 Å². The van der Waals surface area contributed by atoms with E-state index in [9.17, 15) is 14.0 Å². The molecular weight excluding hydrogens is 251 g/mol. The van der Waals surface area contributed by atoms with E-state index in [-0.39, 0.29) is 11.6 Å². The molecule has 0 bridgehead atoms. The van der Waals surface area contributed by atoms with Crippen molar-refractivity contribution in [3.63, 3.8) is 0 Å². The molecule has 1 aromatic rings. The van der Waals surface area contributed by atoms with E-state index in [0.717, 1.165) is 6.07 Å². The molecule has 1 unspecified atom stereocenters. The smallest absolute Gasteiger partial charge is 0.340 e. The summed E-state index contributed by atoms with van der Waals surface area (Å²) in [6.45, 7) is 3.70. The lowest BCUT2D eigenvalue weighted by atomic mass is 9.99. The maximum absolute atomic E-state index is 13.4. The van der Waals surface area contributed by atoms with E-state index >= 15 is 0 Å². The Morgan fingerprint density at radius 1 is 1.47 bits per heavy atom. The van der Waals surface area contributed by atoms with Gasteiger partial charge in [-0.3, -0.25) is 4.79 Å². The van der Waals surface area contributed by atoms with Gasteiger partial charge in [0.15, 0.2) is 0 Å². The quantitative estimate of drug-likeness (QED) is 0.759. The molecular formula is C13H17FN2O3. The average molecular weight is 268 g/mol. The topological polar surface area (TPSA) is 92.4 Å². The van der Waals surface area contributed by atoms with Crippen LogP contribution in [-0.2, 0) is 4.79 Å². The number of nitrogens with one attached hydrogen (secondary N) is 1. The standard InChI is InChI=1S/C13H17FN2O3/c1-3-7(2)11(15)12(17)16-9-6-4-5-8(14)10(9)13(18)19/h4-7,11H,3,15H2,1-2H3,(H,16,17)(H,18,19)/t7?,11-/m0/s1. The van der Waals surface area contributed by atoms with E-state index in [2.05, 4.69) is 5.32 Å². The van der Waals surface area contributed by atoms with Crippen molar-refractivity contribution in [2.75, 3.05) is 5.32 Å². The van der Waals surface area contributed by atoms with Crippen LogP contribution in [-0.4, -0.2) is 23.0 Å². The van der Waals surface area contributed by atoms with Gasteiger partial charge >= 0.3 is 5.97 Å². The molecule has 1 rings (SSSR count). The maximum Gasteiger partial charge on any atom is 0.340 e. The van der Waals surface area contributed by atoms with Gasteiger partial charge in [0.1, 0.15) is 11.4 Å². The Morgan fingerprint density at radius 2 is 2.11 bits per heavy atom. The van der Waals surface area contributed by atoms with Gasteiger partial charge in [0.05, 0.1) is 11.7 Å². The molecule has 0 aliphatic rings. The van der Waals surface area contributed by atoms with Crippen molar-refractivity contribution in [2.45, 2.75) is 26.3 Å². The molecule has 0 aliphatic heterocycles. The predicted molar refractivity (Wildman–Crippen MR) is 69.4 cm³/mol. The normalized spacial score (nSPS) is 13.7. The molecule has 0 aromatic heterocycles. The van der Waals surface area contributed by atoms with Crippen LogP contribution in [0.2, 0.25) is 0 Å². The molecule has 0 saturated carbocycles. The molecule has 1 aromatic carbocycles. The summed E-state index contributed by atoms with van der Waals surface area (Å²) < 4.78 is 13.4. The molecule has 0 fully saturated rings. The molecule has 0 aliphatic carbocycles. The molecule has 0 radical (unpaired) electrons. The number of benzene rings is 1. The van der Waals surface area contributed by atoms with Gasteiger partial charge in [-0.2, -0.15) is 0 Å². The summed E-state index contributed by atoms with van der Waals surface area (Å²) in [6, 6.07) is 2.91. The highest BCUT2D eigenvalue weighted by molar-refractivity contribution is 6.02. The number of amides is 1. The zero-order valence-corrected chi connectivity index (χ0v) is 10.8. The molecule has 5 nitrogen and oxygen atoms in total. The van der Waals surface area contributed by atoms with Gasteiger partial charge in [0.2, 0.25) is 5.91 Å². The Hall–Kier alpha value is -1.95. The molecule has 1 amide bonds. The summed E-state index contributed by atoms with van der Waals surface area (Å²) in [4.78, 5) is 22.8. The Bertz CT molecular complexity index is 491. The molecule has 19 heavy (non-hydrogen) atoms. The van der Waals surface area contributed by atoms with Crippen LogP contribution in [0, 0.1) is 11.7 Å². The van der Waals surface area contributed by atoms with Crippen molar-refractivity contribution < 1.29 is 19.1 Å². The Balaban J connectivity index is 2.97. The van der Waals surface area contributed by atoms with Crippen molar-refractivity contribution in [1.29, 1.82) is 0 Å². The fourth-order valence-corrected chi connectivity index (χ4v) is 1.57. The molecule has 0 heterocycles. The first-order valence-corrected chi connectivity index (χ1v) is 5.96. The monoisotopic (exact) mass is 268 g/mol. The van der Waals surface area contributed by atoms with Crippen molar-refractivity contribution in [3.8, 4) is 0 Å². The van der Waals surface area contributed by atoms with Crippen molar-refractivity contribution in [1.82, 2.24) is 0 Å². The minimum atomic E-state index is -1.44. The van der Waals surface area contributed by atoms with Crippen molar-refractivity contribution >= 4 is 17.6 Å². The predicted octanol–water partition coefficient (Wildman–Crippen LogP) is 1.84. The van der Waals surface area contributed by atoms with Crippen LogP contribution in [0.1, 0.15) is 30.6 Å². The van der Waals surface area contributed by atoms with Crippen LogP contribution in [0.15, 0.2) is 18.2 Å². The van der Waals surface area contributed by atoms with Gasteiger partial charge in [-0.25, -0.2) is 9.18 Å². The third kappa shape index (κ3) is 3.51. The number of carbonyl (C=O) groups is 2. The second-order valence-electron chi connectivity index (χ2n) is 4.37. The van der Waals surface area contributed by atoms with Gasteiger partial charge in [-0.15, -0.1) is 0 Å². The lowest BCUT2D eigenvalue weighted by molar-refractivity contribution is -0.118. The van der Waals surface area contributed by atoms with E-state index < -0.39 is 29.3 Å². The second kappa shape index (κ2) is 6.29.